The minimum atomic E-state index is -5.94. The minimum absolute atomic E-state index is 0.00360. The van der Waals surface area contributed by atoms with Crippen LogP contribution in [0.5, 0.6) is 0 Å². The summed E-state index contributed by atoms with van der Waals surface area (Å²) in [5.74, 6) is 1.13. The third kappa shape index (κ3) is 13.4. The molecule has 0 radical (unpaired) electrons. The van der Waals surface area contributed by atoms with E-state index >= 15 is 4.79 Å². The molecule has 434 valence electrons. The lowest BCUT2D eigenvalue weighted by Gasteiger charge is -2.39. The van der Waals surface area contributed by atoms with Crippen LogP contribution >= 0.6 is 7.60 Å². The Morgan fingerprint density at radius 2 is 1.55 bits per heavy atom. The second-order valence-corrected chi connectivity index (χ2v) is 22.8. The second kappa shape index (κ2) is 25.3. The summed E-state index contributed by atoms with van der Waals surface area (Å²) < 4.78 is 41.1. The highest BCUT2D eigenvalue weighted by molar-refractivity contribution is 7.52. The van der Waals surface area contributed by atoms with Crippen LogP contribution in [0.3, 0.4) is 0 Å². The number of nitrogens with zero attached hydrogens (tertiary/aromatic N) is 3. The van der Waals surface area contributed by atoms with E-state index in [4.69, 9.17) is 5.73 Å². The van der Waals surface area contributed by atoms with Crippen LogP contribution < -0.4 is 27.0 Å². The van der Waals surface area contributed by atoms with Gasteiger partial charge in [0.15, 0.2) is 0 Å². The van der Waals surface area contributed by atoms with Gasteiger partial charge in [-0.05, 0) is 92.0 Å². The number of nitrogens with two attached hydrogens (primary N) is 1. The number of rotatable bonds is 19. The first-order valence-corrected chi connectivity index (χ1v) is 29.0. The highest BCUT2D eigenvalue weighted by atomic mass is 31.2. The summed E-state index contributed by atoms with van der Waals surface area (Å²) in [5, 5.41) is 10.8. The molecule has 1 aromatic heterocycles. The Balaban J connectivity index is 0.888. The van der Waals surface area contributed by atoms with E-state index < -0.39 is 90.5 Å². The summed E-state index contributed by atoms with van der Waals surface area (Å²) in [7, 11) is -5.94. The standard InChI is InChI=1S/C59H62F2N9O12P/c60-59(61,83(80,81)82)39-21-23-43-38(31-39)32-45(63-43)54(75)65-46-34-68(51(73)20-11-3-1-2-6-13-35-18-12-19-41-42(35)33-69(57(41)78)47-26-28-50(72)66-55(47)76)30-29-40-22-25-48(70(40)58(46)79)56(77)64-44(24-27-49(62)71)53(74)67-52(36-14-7-4-8-15-36)37-16-9-5-10-17-37/h4-5,7-10,12,14-19,21,23,31-32,40,44,46-48,52,63H,1-3,11,20,22,24-30,33-34H2,(H2,62,71)(H,64,77)(H,65,75)(H,67,74)(H,66,72,76)(H2,80,81,82)/t40-,44+,46+,47?,48+/m1/s1. The normalized spacial score (nSPS) is 19.5. The predicted octanol–water partition coefficient (Wildman–Crippen LogP) is 4.50. The lowest BCUT2D eigenvalue weighted by atomic mass is 9.98. The molecule has 5 atom stereocenters. The summed E-state index contributed by atoms with van der Waals surface area (Å²) in [6.45, 7) is -0.0317. The number of aromatic amines is 1. The predicted molar refractivity (Wildman–Crippen MR) is 296 cm³/mol. The molecule has 9 amide bonds. The fourth-order valence-corrected chi connectivity index (χ4v) is 11.7. The number of benzene rings is 4. The van der Waals surface area contributed by atoms with Crippen molar-refractivity contribution in [3.8, 4) is 11.8 Å². The number of imide groups is 1. The first-order valence-electron chi connectivity index (χ1n) is 27.4. The molecule has 9 N–H and O–H groups in total. The number of unbranched alkanes of at least 4 members (excludes halogenated alkanes) is 3. The van der Waals surface area contributed by atoms with Gasteiger partial charge in [-0.3, -0.25) is 53.0 Å². The number of amides is 9. The number of nitrogens with one attached hydrogen (secondary N) is 5. The molecule has 83 heavy (non-hydrogen) atoms. The number of halogens is 2. The zero-order valence-electron chi connectivity index (χ0n) is 45.0. The number of primary amides is 1. The molecule has 0 saturated carbocycles. The average Bonchev–Trinajstić information content (AvgIpc) is 4.43. The van der Waals surface area contributed by atoms with E-state index in [0.29, 0.717) is 48.8 Å². The van der Waals surface area contributed by atoms with Crippen LogP contribution in [-0.4, -0.2) is 126 Å². The molecule has 0 bridgehead atoms. The number of carbonyl (C=O) groups is 9. The molecule has 0 spiro atoms. The van der Waals surface area contributed by atoms with Gasteiger partial charge in [-0.15, -0.1) is 0 Å². The molecule has 4 aliphatic heterocycles. The highest BCUT2D eigenvalue weighted by Crippen LogP contribution is 2.59. The van der Waals surface area contributed by atoms with Crippen molar-refractivity contribution in [3.63, 3.8) is 0 Å². The van der Waals surface area contributed by atoms with Gasteiger partial charge >= 0.3 is 13.3 Å². The fraction of sp³-hybridized carbons (Fsp3) is 0.373. The van der Waals surface area contributed by atoms with Crippen molar-refractivity contribution < 1.29 is 66.3 Å². The van der Waals surface area contributed by atoms with E-state index in [-0.39, 0.29) is 98.9 Å². The monoisotopic (exact) mass is 1160 g/mol. The molecule has 5 aromatic rings. The largest absolute Gasteiger partial charge is 0.399 e. The summed E-state index contributed by atoms with van der Waals surface area (Å²) in [4.78, 5) is 148. The molecule has 4 aromatic carbocycles. The Morgan fingerprint density at radius 1 is 0.831 bits per heavy atom. The van der Waals surface area contributed by atoms with Gasteiger partial charge in [-0.2, -0.15) is 8.78 Å². The molecule has 0 aliphatic carbocycles. The van der Waals surface area contributed by atoms with Crippen molar-refractivity contribution in [2.45, 2.75) is 126 Å². The zero-order valence-corrected chi connectivity index (χ0v) is 45.9. The van der Waals surface area contributed by atoms with Gasteiger partial charge in [0.05, 0.1) is 6.04 Å². The molecule has 4 aliphatic rings. The summed E-state index contributed by atoms with van der Waals surface area (Å²) in [6.07, 6.45) is 2.79. The molecule has 1 unspecified atom stereocenters. The lowest BCUT2D eigenvalue weighted by molar-refractivity contribution is -0.145. The van der Waals surface area contributed by atoms with Crippen molar-refractivity contribution in [1.29, 1.82) is 0 Å². The average molecular weight is 1160 g/mol. The van der Waals surface area contributed by atoms with Gasteiger partial charge in [-0.25, -0.2) is 0 Å². The molecular formula is C59H62F2N9O12P. The summed E-state index contributed by atoms with van der Waals surface area (Å²) in [6, 6.07) is 21.4. The van der Waals surface area contributed by atoms with Crippen LogP contribution in [0.25, 0.3) is 10.9 Å². The van der Waals surface area contributed by atoms with Crippen LogP contribution in [0.1, 0.15) is 132 Å². The van der Waals surface area contributed by atoms with Gasteiger partial charge in [0, 0.05) is 79.0 Å². The van der Waals surface area contributed by atoms with Crippen molar-refractivity contribution in [1.82, 2.24) is 41.0 Å². The summed E-state index contributed by atoms with van der Waals surface area (Å²) >= 11 is 0. The van der Waals surface area contributed by atoms with E-state index in [1.165, 1.54) is 20.8 Å². The third-order valence-corrected chi connectivity index (χ3v) is 16.6. The maximum atomic E-state index is 15.0. The highest BCUT2D eigenvalue weighted by Gasteiger charge is 2.51. The smallest absolute Gasteiger partial charge is 0.370 e. The van der Waals surface area contributed by atoms with Gasteiger partial charge in [-0.1, -0.05) is 91.1 Å². The Bertz CT molecular complexity index is 3430. The SMILES string of the molecule is NC(=O)CC[C@H](NC(=O)[C@@H]1CC[C@@H]2CCN(C(=O)CCCCCC#Cc3cccc4c3CN(C3CCC(=O)NC3=O)C4=O)C[C@H](NC(=O)c3cc4cc(C(F)(F)P(=O)(O)O)ccc4[nH]3)C(=O)N21)C(=O)NC(c1ccccc1)c1ccccc1. The van der Waals surface area contributed by atoms with Crippen LogP contribution in [0.15, 0.2) is 103 Å². The fourth-order valence-electron chi connectivity index (χ4n) is 11.2. The quantitative estimate of drug-likeness (QED) is 0.0245. The van der Waals surface area contributed by atoms with Crippen LogP contribution in [0.2, 0.25) is 0 Å². The molecule has 9 rings (SSSR count). The topological polar surface area (TPSA) is 311 Å². The van der Waals surface area contributed by atoms with Gasteiger partial charge < -0.3 is 51.2 Å². The molecule has 24 heteroatoms. The van der Waals surface area contributed by atoms with E-state index in [2.05, 4.69) is 38.1 Å². The van der Waals surface area contributed by atoms with E-state index in [0.717, 1.165) is 29.3 Å². The molecule has 3 saturated heterocycles. The minimum Gasteiger partial charge on any atom is -0.370 e. The molecule has 21 nitrogen and oxygen atoms in total. The van der Waals surface area contributed by atoms with Gasteiger partial charge in [0.2, 0.25) is 41.4 Å². The zero-order chi connectivity index (χ0) is 59.2. The van der Waals surface area contributed by atoms with Gasteiger partial charge in [0.25, 0.3) is 11.8 Å². The Kier molecular flexibility index (Phi) is 18.0. The number of carbonyl (C=O) groups excluding carboxylic acids is 9. The van der Waals surface area contributed by atoms with Crippen LogP contribution in [-0.2, 0) is 50.3 Å². The van der Waals surface area contributed by atoms with E-state index in [1.54, 1.807) is 18.2 Å². The van der Waals surface area contributed by atoms with E-state index in [1.807, 2.05) is 60.7 Å². The molecule has 3 fully saturated rings. The van der Waals surface area contributed by atoms with Gasteiger partial charge in [0.1, 0.15) is 29.9 Å². The number of hydrogen-bond donors (Lipinski definition) is 8. The second-order valence-electron chi connectivity index (χ2n) is 21.1. The molecule has 5 heterocycles. The van der Waals surface area contributed by atoms with Crippen molar-refractivity contribution in [3.05, 3.63) is 142 Å². The Morgan fingerprint density at radius 3 is 2.24 bits per heavy atom. The van der Waals surface area contributed by atoms with Crippen molar-refractivity contribution >= 4 is 71.7 Å². The third-order valence-electron chi connectivity index (χ3n) is 15.6. The number of H-pyrrole nitrogens is 1. The molecular weight excluding hydrogens is 1100 g/mol. The summed E-state index contributed by atoms with van der Waals surface area (Å²) in [5.41, 5.74) is 3.21. The van der Waals surface area contributed by atoms with Crippen molar-refractivity contribution in [2.24, 2.45) is 5.73 Å². The van der Waals surface area contributed by atoms with Crippen LogP contribution in [0.4, 0.5) is 8.78 Å². The Labute approximate surface area is 475 Å². The first kappa shape index (κ1) is 59.1. The lowest BCUT2D eigenvalue weighted by Crippen LogP contribution is -2.62. The maximum absolute atomic E-state index is 15.0. The number of hydrogen-bond acceptors (Lipinski definition) is 10. The number of fused-ring (bicyclic) bond motifs is 3. The van der Waals surface area contributed by atoms with E-state index in [9.17, 15) is 61.5 Å². The first-order chi connectivity index (χ1) is 39.7. The number of alkyl halides is 2. The van der Waals surface area contributed by atoms with Crippen molar-refractivity contribution in [2.75, 3.05) is 13.1 Å². The maximum Gasteiger partial charge on any atom is 0.399 e. The Hall–Kier alpha value is -8.58. The number of aromatic nitrogens is 1. The number of piperidine rings is 1. The van der Waals surface area contributed by atoms with Crippen LogP contribution in [0, 0.1) is 11.8 Å².